The lowest BCUT2D eigenvalue weighted by Gasteiger charge is -2.35. The van der Waals surface area contributed by atoms with Crippen molar-refractivity contribution in [2.75, 3.05) is 0 Å². The molecule has 1 nitrogen and oxygen atoms in total. The molecule has 1 fully saturated rings. The van der Waals surface area contributed by atoms with Crippen LogP contribution in [0, 0.1) is 16.7 Å². The average Bonchev–Trinajstić information content (AvgIpc) is 2.30. The van der Waals surface area contributed by atoms with E-state index in [0.29, 0.717) is 5.41 Å². The van der Waals surface area contributed by atoms with E-state index in [1.54, 1.807) is 0 Å². The second-order valence-corrected chi connectivity index (χ2v) is 5.56. The average molecular weight is 221 g/mol. The van der Waals surface area contributed by atoms with Crippen LogP contribution in [0.4, 0.5) is 0 Å². The Bertz CT molecular complexity index is 208. The summed E-state index contributed by atoms with van der Waals surface area (Å²) in [5, 5.41) is 8.97. The van der Waals surface area contributed by atoms with Crippen molar-refractivity contribution < 1.29 is 0 Å². The van der Waals surface area contributed by atoms with Gasteiger partial charge in [-0.2, -0.15) is 5.26 Å². The van der Waals surface area contributed by atoms with Gasteiger partial charge in [-0.3, -0.25) is 0 Å². The summed E-state index contributed by atoms with van der Waals surface area (Å²) < 4.78 is 0. The summed E-state index contributed by atoms with van der Waals surface area (Å²) in [6.07, 6.45) is 15.7. The fourth-order valence-electron chi connectivity index (χ4n) is 3.09. The number of hydrogen-bond donors (Lipinski definition) is 0. The minimum atomic E-state index is 0.416. The summed E-state index contributed by atoms with van der Waals surface area (Å²) in [6, 6.07) is 2.43. The molecule has 1 heteroatoms. The lowest BCUT2D eigenvalue weighted by atomic mass is 9.69. The maximum Gasteiger partial charge on any atom is 0.0627 e. The quantitative estimate of drug-likeness (QED) is 0.541. The molecular formula is C15H27N. The molecule has 0 unspecified atom stereocenters. The maximum absolute atomic E-state index is 8.97. The number of rotatable bonds is 7. The number of nitriles is 1. The Morgan fingerprint density at radius 3 is 2.31 bits per heavy atom. The largest absolute Gasteiger partial charge is 0.198 e. The molecule has 0 aliphatic heterocycles. The molecule has 92 valence electrons. The van der Waals surface area contributed by atoms with Crippen molar-refractivity contribution in [1.82, 2.24) is 0 Å². The van der Waals surface area contributed by atoms with E-state index in [0.717, 1.165) is 6.42 Å². The van der Waals surface area contributed by atoms with Crippen LogP contribution in [-0.2, 0) is 0 Å². The van der Waals surface area contributed by atoms with Gasteiger partial charge < -0.3 is 0 Å². The molecule has 1 aliphatic rings. The molecule has 0 aromatic rings. The van der Waals surface area contributed by atoms with Crippen molar-refractivity contribution in [3.05, 3.63) is 0 Å². The summed E-state index contributed by atoms with van der Waals surface area (Å²) in [5.41, 5.74) is 0.416. The molecule has 0 heterocycles. The SMILES string of the molecule is CCCCCCCC1(CC#N)CCCCC1. The van der Waals surface area contributed by atoms with Gasteiger partial charge in [0.2, 0.25) is 0 Å². The molecule has 0 atom stereocenters. The van der Waals surface area contributed by atoms with Crippen LogP contribution in [0.25, 0.3) is 0 Å². The minimum Gasteiger partial charge on any atom is -0.198 e. The fraction of sp³-hybridized carbons (Fsp3) is 0.933. The summed E-state index contributed by atoms with van der Waals surface area (Å²) in [7, 11) is 0. The minimum absolute atomic E-state index is 0.416. The Kier molecular flexibility index (Phi) is 6.53. The second kappa shape index (κ2) is 7.71. The Morgan fingerprint density at radius 1 is 1.00 bits per heavy atom. The normalized spacial score (nSPS) is 19.2. The summed E-state index contributed by atoms with van der Waals surface area (Å²) >= 11 is 0. The van der Waals surface area contributed by atoms with Crippen LogP contribution in [-0.4, -0.2) is 0 Å². The van der Waals surface area contributed by atoms with Gasteiger partial charge in [0.25, 0.3) is 0 Å². The zero-order valence-corrected chi connectivity index (χ0v) is 10.9. The van der Waals surface area contributed by atoms with Crippen molar-refractivity contribution in [3.8, 4) is 6.07 Å². The third kappa shape index (κ3) is 4.56. The van der Waals surface area contributed by atoms with Crippen LogP contribution >= 0.6 is 0 Å². The van der Waals surface area contributed by atoms with E-state index in [9.17, 15) is 0 Å². The Morgan fingerprint density at radius 2 is 1.69 bits per heavy atom. The Hall–Kier alpha value is -0.510. The van der Waals surface area contributed by atoms with Gasteiger partial charge in [-0.15, -0.1) is 0 Å². The highest BCUT2D eigenvalue weighted by Gasteiger charge is 2.30. The fourth-order valence-corrected chi connectivity index (χ4v) is 3.09. The monoisotopic (exact) mass is 221 g/mol. The molecule has 1 rings (SSSR count). The zero-order valence-electron chi connectivity index (χ0n) is 10.9. The second-order valence-electron chi connectivity index (χ2n) is 5.56. The smallest absolute Gasteiger partial charge is 0.0627 e. The molecule has 0 amide bonds. The lowest BCUT2D eigenvalue weighted by molar-refractivity contribution is 0.172. The predicted molar refractivity (Wildman–Crippen MR) is 69.1 cm³/mol. The van der Waals surface area contributed by atoms with Crippen molar-refractivity contribution in [1.29, 1.82) is 5.26 Å². The van der Waals surface area contributed by atoms with E-state index >= 15 is 0 Å². The van der Waals surface area contributed by atoms with Gasteiger partial charge in [-0.25, -0.2) is 0 Å². The van der Waals surface area contributed by atoms with E-state index in [1.165, 1.54) is 70.6 Å². The molecule has 0 bridgehead atoms. The molecule has 1 aliphatic carbocycles. The molecular weight excluding hydrogens is 194 g/mol. The van der Waals surface area contributed by atoms with Gasteiger partial charge in [0, 0.05) is 6.42 Å². The van der Waals surface area contributed by atoms with E-state index in [4.69, 9.17) is 5.26 Å². The maximum atomic E-state index is 8.97. The van der Waals surface area contributed by atoms with E-state index in [2.05, 4.69) is 13.0 Å². The molecule has 0 aromatic carbocycles. The first-order valence-corrected chi connectivity index (χ1v) is 7.20. The van der Waals surface area contributed by atoms with Crippen LogP contribution in [0.3, 0.4) is 0 Å². The van der Waals surface area contributed by atoms with Crippen molar-refractivity contribution in [3.63, 3.8) is 0 Å². The Balaban J connectivity index is 2.25. The van der Waals surface area contributed by atoms with Gasteiger partial charge in [-0.1, -0.05) is 58.3 Å². The van der Waals surface area contributed by atoms with Crippen LogP contribution in [0.2, 0.25) is 0 Å². The predicted octanol–water partition coefficient (Wildman–Crippen LogP) is 5.21. The highest BCUT2D eigenvalue weighted by Crippen LogP contribution is 2.43. The third-order valence-corrected chi connectivity index (χ3v) is 4.18. The Labute approximate surface area is 101 Å². The molecule has 0 spiro atoms. The number of nitrogens with zero attached hydrogens (tertiary/aromatic N) is 1. The number of unbranched alkanes of at least 4 members (excludes halogenated alkanes) is 4. The highest BCUT2D eigenvalue weighted by atomic mass is 14.4. The molecule has 0 radical (unpaired) electrons. The molecule has 16 heavy (non-hydrogen) atoms. The highest BCUT2D eigenvalue weighted by molar-refractivity contribution is 4.90. The number of hydrogen-bond acceptors (Lipinski definition) is 1. The molecule has 0 saturated heterocycles. The first-order chi connectivity index (χ1) is 7.83. The first-order valence-electron chi connectivity index (χ1n) is 7.20. The standard InChI is InChI=1S/C15H27N/c1-2-3-4-5-7-10-15(13-14-16)11-8-6-9-12-15/h2-13H2,1H3. The van der Waals surface area contributed by atoms with Gasteiger partial charge in [0.15, 0.2) is 0 Å². The van der Waals surface area contributed by atoms with E-state index in [1.807, 2.05) is 0 Å². The zero-order chi connectivity index (χ0) is 11.7. The van der Waals surface area contributed by atoms with Gasteiger partial charge in [0.05, 0.1) is 6.07 Å². The van der Waals surface area contributed by atoms with Gasteiger partial charge in [0.1, 0.15) is 0 Å². The summed E-state index contributed by atoms with van der Waals surface area (Å²) in [4.78, 5) is 0. The van der Waals surface area contributed by atoms with Crippen molar-refractivity contribution in [2.24, 2.45) is 5.41 Å². The van der Waals surface area contributed by atoms with Gasteiger partial charge >= 0.3 is 0 Å². The topological polar surface area (TPSA) is 23.8 Å². The van der Waals surface area contributed by atoms with E-state index in [-0.39, 0.29) is 0 Å². The van der Waals surface area contributed by atoms with E-state index < -0.39 is 0 Å². The van der Waals surface area contributed by atoms with Crippen molar-refractivity contribution >= 4 is 0 Å². The molecule has 1 saturated carbocycles. The first kappa shape index (κ1) is 13.6. The third-order valence-electron chi connectivity index (χ3n) is 4.18. The van der Waals surface area contributed by atoms with Crippen LogP contribution in [0.5, 0.6) is 0 Å². The molecule has 0 aromatic heterocycles. The van der Waals surface area contributed by atoms with Crippen LogP contribution in [0.1, 0.15) is 84.0 Å². The van der Waals surface area contributed by atoms with Crippen LogP contribution in [0.15, 0.2) is 0 Å². The van der Waals surface area contributed by atoms with Gasteiger partial charge in [-0.05, 0) is 24.7 Å². The van der Waals surface area contributed by atoms with Crippen molar-refractivity contribution in [2.45, 2.75) is 84.0 Å². The van der Waals surface area contributed by atoms with Crippen LogP contribution < -0.4 is 0 Å². The molecule has 0 N–H and O–H groups in total. The lowest BCUT2D eigenvalue weighted by Crippen LogP contribution is -2.23. The summed E-state index contributed by atoms with van der Waals surface area (Å²) in [5.74, 6) is 0. The summed E-state index contributed by atoms with van der Waals surface area (Å²) in [6.45, 7) is 2.26.